The van der Waals surface area contributed by atoms with Crippen LogP contribution >= 0.6 is 0 Å². The number of ether oxygens (including phenoxy) is 1. The van der Waals surface area contributed by atoms with Gasteiger partial charge in [0.05, 0.1) is 25.0 Å². The number of carbonyl (C=O) groups excluding carboxylic acids is 1. The highest BCUT2D eigenvalue weighted by Crippen LogP contribution is 2.32. The minimum absolute atomic E-state index is 0.0938. The molecule has 5 nitrogen and oxygen atoms in total. The summed E-state index contributed by atoms with van der Waals surface area (Å²) >= 11 is 0. The van der Waals surface area contributed by atoms with E-state index in [9.17, 15) is 4.79 Å². The van der Waals surface area contributed by atoms with Crippen molar-refractivity contribution in [3.63, 3.8) is 0 Å². The van der Waals surface area contributed by atoms with Gasteiger partial charge < -0.3 is 15.0 Å². The van der Waals surface area contributed by atoms with Gasteiger partial charge >= 0.3 is 0 Å². The van der Waals surface area contributed by atoms with Crippen LogP contribution in [0.15, 0.2) is 24.3 Å². The van der Waals surface area contributed by atoms with Crippen LogP contribution in [-0.4, -0.2) is 44.2 Å². The molecule has 1 aromatic carbocycles. The maximum absolute atomic E-state index is 12.8. The molecule has 1 atom stereocenters. The van der Waals surface area contributed by atoms with Gasteiger partial charge in [0.15, 0.2) is 0 Å². The number of nitrogens with zero attached hydrogens (tertiary/aromatic N) is 2. The molecule has 2 rings (SSSR count). The molecule has 0 saturated carbocycles. The number of methoxy groups -OCH3 is 1. The quantitative estimate of drug-likeness (QED) is 0.869. The fourth-order valence-electron chi connectivity index (χ4n) is 2.66. The van der Waals surface area contributed by atoms with Crippen LogP contribution in [-0.2, 0) is 9.53 Å². The molecule has 1 amide bonds. The number of rotatable bonds is 6. The molecule has 0 spiro atoms. The van der Waals surface area contributed by atoms with Gasteiger partial charge in [0, 0.05) is 32.4 Å². The minimum Gasteiger partial charge on any atom is -0.385 e. The lowest BCUT2D eigenvalue weighted by Crippen LogP contribution is -2.39. The monoisotopic (exact) mass is 287 g/mol. The zero-order valence-electron chi connectivity index (χ0n) is 12.3. The summed E-state index contributed by atoms with van der Waals surface area (Å²) in [4.78, 5) is 14.6. The fraction of sp³-hybridized carbons (Fsp3) is 0.500. The predicted octanol–water partition coefficient (Wildman–Crippen LogP) is 1.97. The molecule has 0 radical (unpaired) electrons. The van der Waals surface area contributed by atoms with Crippen LogP contribution in [0.5, 0.6) is 0 Å². The SMILES string of the molecule is COCCN(CCC#N)C(=O)C1CCNc2ccccc21. The summed E-state index contributed by atoms with van der Waals surface area (Å²) < 4.78 is 5.07. The van der Waals surface area contributed by atoms with E-state index in [0.29, 0.717) is 26.1 Å². The molecule has 1 aromatic rings. The normalized spacial score (nSPS) is 16.5. The van der Waals surface area contributed by atoms with Crippen LogP contribution in [0.25, 0.3) is 0 Å². The Morgan fingerprint density at radius 2 is 2.29 bits per heavy atom. The molecule has 0 fully saturated rings. The maximum atomic E-state index is 12.8. The molecule has 1 aliphatic heterocycles. The molecule has 0 aliphatic carbocycles. The Morgan fingerprint density at radius 3 is 3.05 bits per heavy atom. The fourth-order valence-corrected chi connectivity index (χ4v) is 2.66. The summed E-state index contributed by atoms with van der Waals surface area (Å²) in [6, 6.07) is 10.0. The zero-order valence-corrected chi connectivity index (χ0v) is 12.3. The van der Waals surface area contributed by atoms with Gasteiger partial charge in [0.2, 0.25) is 5.91 Å². The molecule has 112 valence electrons. The standard InChI is InChI=1S/C16H21N3O2/c1-21-12-11-19(10-4-8-17)16(20)14-7-9-18-15-6-3-2-5-13(14)15/h2-3,5-6,14,18H,4,7,9-12H2,1H3. The van der Waals surface area contributed by atoms with Gasteiger partial charge in [-0.3, -0.25) is 4.79 Å². The highest BCUT2D eigenvalue weighted by atomic mass is 16.5. The second-order valence-electron chi connectivity index (χ2n) is 5.08. The summed E-state index contributed by atoms with van der Waals surface area (Å²) in [6.07, 6.45) is 1.13. The number of benzene rings is 1. The van der Waals surface area contributed by atoms with Crippen molar-refractivity contribution >= 4 is 11.6 Å². The number of nitrogens with one attached hydrogen (secondary N) is 1. The van der Waals surface area contributed by atoms with Crippen LogP contribution < -0.4 is 5.32 Å². The summed E-state index contributed by atoms with van der Waals surface area (Å²) in [7, 11) is 1.62. The first-order valence-corrected chi connectivity index (χ1v) is 7.25. The number of hydrogen-bond donors (Lipinski definition) is 1. The molecule has 1 unspecified atom stereocenters. The number of hydrogen-bond acceptors (Lipinski definition) is 4. The average Bonchev–Trinajstić information content (AvgIpc) is 2.54. The first-order valence-electron chi connectivity index (χ1n) is 7.25. The summed E-state index contributed by atoms with van der Waals surface area (Å²) in [6.45, 7) is 2.28. The van der Waals surface area contributed by atoms with E-state index >= 15 is 0 Å². The molecule has 1 N–H and O–H groups in total. The smallest absolute Gasteiger partial charge is 0.230 e. The third kappa shape index (κ3) is 3.73. The summed E-state index contributed by atoms with van der Waals surface area (Å²) in [5.74, 6) is -0.0331. The lowest BCUT2D eigenvalue weighted by molar-refractivity contribution is -0.133. The van der Waals surface area contributed by atoms with E-state index in [1.54, 1.807) is 12.0 Å². The van der Waals surface area contributed by atoms with Crippen molar-refractivity contribution in [1.29, 1.82) is 5.26 Å². The number of anilines is 1. The molecule has 21 heavy (non-hydrogen) atoms. The Kier molecular flexibility index (Phi) is 5.59. The van der Waals surface area contributed by atoms with E-state index in [1.165, 1.54) is 0 Å². The van der Waals surface area contributed by atoms with Crippen molar-refractivity contribution in [2.75, 3.05) is 38.7 Å². The van der Waals surface area contributed by atoms with Crippen LogP contribution in [0.3, 0.4) is 0 Å². The van der Waals surface area contributed by atoms with E-state index in [1.807, 2.05) is 24.3 Å². The van der Waals surface area contributed by atoms with Crippen LogP contribution in [0.2, 0.25) is 0 Å². The van der Waals surface area contributed by atoms with Crippen LogP contribution in [0.4, 0.5) is 5.69 Å². The van der Waals surface area contributed by atoms with Gasteiger partial charge in [-0.1, -0.05) is 18.2 Å². The number of fused-ring (bicyclic) bond motifs is 1. The van der Waals surface area contributed by atoms with Gasteiger partial charge in [0.25, 0.3) is 0 Å². The second kappa shape index (κ2) is 7.65. The molecule has 1 heterocycles. The first kappa shape index (κ1) is 15.3. The number of para-hydroxylation sites is 1. The van der Waals surface area contributed by atoms with E-state index in [4.69, 9.17) is 10.00 Å². The van der Waals surface area contributed by atoms with Crippen LogP contribution in [0, 0.1) is 11.3 Å². The summed E-state index contributed by atoms with van der Waals surface area (Å²) in [5, 5.41) is 12.1. The van der Waals surface area contributed by atoms with Crippen molar-refractivity contribution in [3.8, 4) is 6.07 Å². The van der Waals surface area contributed by atoms with Gasteiger partial charge in [-0.2, -0.15) is 5.26 Å². The number of carbonyl (C=O) groups is 1. The molecule has 5 heteroatoms. The Morgan fingerprint density at radius 1 is 1.48 bits per heavy atom. The molecule has 1 aliphatic rings. The molecule has 0 saturated heterocycles. The number of nitriles is 1. The highest BCUT2D eigenvalue weighted by molar-refractivity contribution is 5.86. The third-order valence-electron chi connectivity index (χ3n) is 3.75. The van der Waals surface area contributed by atoms with Crippen molar-refractivity contribution in [2.24, 2.45) is 0 Å². The first-order chi connectivity index (χ1) is 10.3. The minimum atomic E-state index is -0.127. The lowest BCUT2D eigenvalue weighted by atomic mass is 9.89. The lowest BCUT2D eigenvalue weighted by Gasteiger charge is -2.31. The number of amides is 1. The van der Waals surface area contributed by atoms with E-state index in [0.717, 1.165) is 24.2 Å². The Balaban J connectivity index is 2.15. The average molecular weight is 287 g/mol. The molecular weight excluding hydrogens is 266 g/mol. The second-order valence-corrected chi connectivity index (χ2v) is 5.08. The predicted molar refractivity (Wildman–Crippen MR) is 81.0 cm³/mol. The third-order valence-corrected chi connectivity index (χ3v) is 3.75. The van der Waals surface area contributed by atoms with Crippen molar-refractivity contribution in [3.05, 3.63) is 29.8 Å². The van der Waals surface area contributed by atoms with E-state index in [2.05, 4.69) is 11.4 Å². The highest BCUT2D eigenvalue weighted by Gasteiger charge is 2.29. The van der Waals surface area contributed by atoms with E-state index in [-0.39, 0.29) is 11.8 Å². The van der Waals surface area contributed by atoms with Gasteiger partial charge in [-0.05, 0) is 18.1 Å². The molecular formula is C16H21N3O2. The van der Waals surface area contributed by atoms with Crippen molar-refractivity contribution in [1.82, 2.24) is 4.90 Å². The van der Waals surface area contributed by atoms with E-state index < -0.39 is 0 Å². The molecule has 0 aromatic heterocycles. The van der Waals surface area contributed by atoms with Gasteiger partial charge in [0.1, 0.15) is 0 Å². The van der Waals surface area contributed by atoms with Gasteiger partial charge in [-0.25, -0.2) is 0 Å². The van der Waals surface area contributed by atoms with Gasteiger partial charge in [-0.15, -0.1) is 0 Å². The largest absolute Gasteiger partial charge is 0.385 e. The Labute approximate surface area is 125 Å². The van der Waals surface area contributed by atoms with Crippen LogP contribution in [0.1, 0.15) is 24.3 Å². The van der Waals surface area contributed by atoms with Crippen molar-refractivity contribution in [2.45, 2.75) is 18.8 Å². The maximum Gasteiger partial charge on any atom is 0.230 e. The zero-order chi connectivity index (χ0) is 15.1. The Hall–Kier alpha value is -2.06. The molecule has 0 bridgehead atoms. The Bertz CT molecular complexity index is 524. The topological polar surface area (TPSA) is 65.4 Å². The summed E-state index contributed by atoms with van der Waals surface area (Å²) in [5.41, 5.74) is 2.09. The van der Waals surface area contributed by atoms with Crippen molar-refractivity contribution < 1.29 is 9.53 Å².